The molecule has 1 saturated carbocycles. The van der Waals surface area contributed by atoms with Crippen LogP contribution in [0.1, 0.15) is 36.7 Å². The fourth-order valence-electron chi connectivity index (χ4n) is 3.59. The molecule has 3 aromatic rings. The van der Waals surface area contributed by atoms with Gasteiger partial charge >= 0.3 is 0 Å². The van der Waals surface area contributed by atoms with Gasteiger partial charge in [0.15, 0.2) is 17.2 Å². The molecule has 5 rings (SSSR count). The molecule has 1 atom stereocenters. The van der Waals surface area contributed by atoms with Crippen LogP contribution in [0.4, 0.5) is 5.69 Å². The zero-order chi connectivity index (χ0) is 18.2. The number of hydrogen-bond acceptors (Lipinski definition) is 7. The molecule has 4 heterocycles. The fraction of sp³-hybridized carbons (Fsp3) is 0.421. The Morgan fingerprint density at radius 1 is 1.19 bits per heavy atom. The van der Waals surface area contributed by atoms with Crippen LogP contribution in [-0.2, 0) is 0 Å². The molecule has 0 aromatic carbocycles. The number of anilines is 1. The van der Waals surface area contributed by atoms with E-state index in [1.54, 1.807) is 6.20 Å². The number of rotatable bonds is 5. The van der Waals surface area contributed by atoms with Crippen LogP contribution in [0, 0.1) is 17.2 Å². The highest BCUT2D eigenvalue weighted by Crippen LogP contribution is 2.38. The van der Waals surface area contributed by atoms with Crippen LogP contribution in [-0.4, -0.2) is 44.5 Å². The molecule has 0 spiro atoms. The Bertz CT molecular complexity index is 1020. The van der Waals surface area contributed by atoms with Gasteiger partial charge in [0.05, 0.1) is 12.3 Å². The molecule has 1 aliphatic carbocycles. The Morgan fingerprint density at radius 2 is 2.11 bits per heavy atom. The SMILES string of the molecule is N#Cc1ncccc1N1CCC(COc2ccc3nnc(C4CC4)n3n2)C1. The highest BCUT2D eigenvalue weighted by atomic mass is 16.5. The summed E-state index contributed by atoms with van der Waals surface area (Å²) in [5, 5.41) is 22.2. The second-order valence-electron chi connectivity index (χ2n) is 7.17. The van der Waals surface area contributed by atoms with Gasteiger partial charge in [0, 0.05) is 37.2 Å². The number of fused-ring (bicyclic) bond motifs is 1. The maximum atomic E-state index is 9.25. The van der Waals surface area contributed by atoms with Crippen molar-refractivity contribution < 1.29 is 4.74 Å². The zero-order valence-corrected chi connectivity index (χ0v) is 14.8. The molecule has 0 N–H and O–H groups in total. The van der Waals surface area contributed by atoms with E-state index >= 15 is 0 Å². The second kappa shape index (κ2) is 6.50. The van der Waals surface area contributed by atoms with E-state index < -0.39 is 0 Å². The summed E-state index contributed by atoms with van der Waals surface area (Å²) in [5.74, 6) is 2.41. The highest BCUT2D eigenvalue weighted by molar-refractivity contribution is 5.56. The average Bonchev–Trinajstić information content (AvgIpc) is 3.29. The van der Waals surface area contributed by atoms with E-state index in [0.29, 0.717) is 30.0 Å². The first-order valence-electron chi connectivity index (χ1n) is 9.27. The van der Waals surface area contributed by atoms with Crippen molar-refractivity contribution in [3.8, 4) is 11.9 Å². The third-order valence-electron chi connectivity index (χ3n) is 5.19. The van der Waals surface area contributed by atoms with Crippen molar-refractivity contribution in [2.45, 2.75) is 25.2 Å². The average molecular weight is 361 g/mol. The quantitative estimate of drug-likeness (QED) is 0.687. The number of ether oxygens (including phenoxy) is 1. The highest BCUT2D eigenvalue weighted by Gasteiger charge is 2.29. The van der Waals surface area contributed by atoms with Gasteiger partial charge in [-0.3, -0.25) is 0 Å². The first kappa shape index (κ1) is 16.0. The topological polar surface area (TPSA) is 92.2 Å². The van der Waals surface area contributed by atoms with Crippen molar-refractivity contribution in [2.75, 3.05) is 24.6 Å². The van der Waals surface area contributed by atoms with Crippen LogP contribution < -0.4 is 9.64 Å². The van der Waals surface area contributed by atoms with Crippen LogP contribution in [0.3, 0.4) is 0 Å². The number of nitrogens with zero attached hydrogens (tertiary/aromatic N) is 7. The van der Waals surface area contributed by atoms with Crippen molar-refractivity contribution >= 4 is 11.3 Å². The normalized spacial score (nSPS) is 19.4. The van der Waals surface area contributed by atoms with Gasteiger partial charge in [0.25, 0.3) is 0 Å². The predicted molar refractivity (Wildman–Crippen MR) is 97.5 cm³/mol. The maximum absolute atomic E-state index is 9.25. The van der Waals surface area contributed by atoms with E-state index in [0.717, 1.165) is 49.5 Å². The van der Waals surface area contributed by atoms with E-state index in [2.05, 4.69) is 31.2 Å². The molecule has 8 heteroatoms. The van der Waals surface area contributed by atoms with Crippen molar-refractivity contribution in [3.63, 3.8) is 0 Å². The van der Waals surface area contributed by atoms with E-state index in [1.807, 2.05) is 28.8 Å². The van der Waals surface area contributed by atoms with Gasteiger partial charge < -0.3 is 9.64 Å². The predicted octanol–water partition coefficient (Wildman–Crippen LogP) is 2.17. The first-order chi connectivity index (χ1) is 13.3. The summed E-state index contributed by atoms with van der Waals surface area (Å²) < 4.78 is 7.78. The lowest BCUT2D eigenvalue weighted by Crippen LogP contribution is -2.23. The lowest BCUT2D eigenvalue weighted by Gasteiger charge is -2.19. The van der Waals surface area contributed by atoms with E-state index in [4.69, 9.17) is 4.74 Å². The monoisotopic (exact) mass is 361 g/mol. The smallest absolute Gasteiger partial charge is 0.231 e. The Labute approximate surface area is 156 Å². The summed E-state index contributed by atoms with van der Waals surface area (Å²) in [4.78, 5) is 6.36. The molecule has 1 saturated heterocycles. The van der Waals surface area contributed by atoms with Gasteiger partial charge in [-0.15, -0.1) is 15.3 Å². The van der Waals surface area contributed by atoms with Gasteiger partial charge in [0.2, 0.25) is 5.88 Å². The molecule has 3 aromatic heterocycles. The minimum atomic E-state index is 0.387. The molecule has 0 radical (unpaired) electrons. The summed E-state index contributed by atoms with van der Waals surface area (Å²) in [5.41, 5.74) is 2.14. The molecular formula is C19H19N7O. The zero-order valence-electron chi connectivity index (χ0n) is 14.8. The number of hydrogen-bond donors (Lipinski definition) is 0. The molecule has 136 valence electrons. The Morgan fingerprint density at radius 3 is 2.96 bits per heavy atom. The molecular weight excluding hydrogens is 342 g/mol. The van der Waals surface area contributed by atoms with E-state index in [9.17, 15) is 5.26 Å². The third kappa shape index (κ3) is 3.05. The molecule has 0 amide bonds. The largest absolute Gasteiger partial charge is 0.476 e. The molecule has 1 unspecified atom stereocenters. The minimum absolute atomic E-state index is 0.387. The van der Waals surface area contributed by atoms with Gasteiger partial charge in [-0.05, 0) is 37.5 Å². The van der Waals surface area contributed by atoms with Crippen LogP contribution >= 0.6 is 0 Å². The second-order valence-corrected chi connectivity index (χ2v) is 7.17. The lowest BCUT2D eigenvalue weighted by atomic mass is 10.1. The van der Waals surface area contributed by atoms with Crippen LogP contribution in [0.2, 0.25) is 0 Å². The molecule has 27 heavy (non-hydrogen) atoms. The van der Waals surface area contributed by atoms with Crippen LogP contribution in [0.25, 0.3) is 5.65 Å². The summed E-state index contributed by atoms with van der Waals surface area (Å²) in [7, 11) is 0. The van der Waals surface area contributed by atoms with E-state index in [1.165, 1.54) is 0 Å². The number of pyridine rings is 1. The summed E-state index contributed by atoms with van der Waals surface area (Å²) >= 11 is 0. The Kier molecular flexibility index (Phi) is 3.85. The minimum Gasteiger partial charge on any atom is -0.476 e. The van der Waals surface area contributed by atoms with Gasteiger partial charge in [-0.2, -0.15) is 9.78 Å². The van der Waals surface area contributed by atoms with Crippen molar-refractivity contribution in [1.29, 1.82) is 5.26 Å². The number of aromatic nitrogens is 5. The van der Waals surface area contributed by atoms with Crippen molar-refractivity contribution in [3.05, 3.63) is 42.0 Å². The standard InChI is InChI=1S/C19H19N7O/c20-10-15-16(2-1-8-21-15)25-9-7-13(11-25)12-27-18-6-5-17-22-23-19(14-3-4-14)26(17)24-18/h1-2,5-6,8,13-14H,3-4,7,9,11-12H2. The molecule has 2 aliphatic rings. The van der Waals surface area contributed by atoms with Gasteiger partial charge in [-0.1, -0.05) is 0 Å². The molecule has 1 aliphatic heterocycles. The number of nitriles is 1. The third-order valence-corrected chi connectivity index (χ3v) is 5.19. The van der Waals surface area contributed by atoms with Crippen molar-refractivity contribution in [1.82, 2.24) is 24.8 Å². The summed E-state index contributed by atoms with van der Waals surface area (Å²) in [6.45, 7) is 2.35. The molecule has 0 bridgehead atoms. The van der Waals surface area contributed by atoms with Crippen LogP contribution in [0.15, 0.2) is 30.5 Å². The summed E-state index contributed by atoms with van der Waals surface area (Å²) in [6.07, 6.45) is 4.98. The first-order valence-corrected chi connectivity index (χ1v) is 9.27. The van der Waals surface area contributed by atoms with Crippen LogP contribution in [0.5, 0.6) is 5.88 Å². The molecule has 8 nitrogen and oxygen atoms in total. The lowest BCUT2D eigenvalue weighted by molar-refractivity contribution is 0.248. The van der Waals surface area contributed by atoms with E-state index in [-0.39, 0.29) is 0 Å². The van der Waals surface area contributed by atoms with Crippen molar-refractivity contribution in [2.24, 2.45) is 5.92 Å². The fourth-order valence-corrected chi connectivity index (χ4v) is 3.59. The summed E-state index contributed by atoms with van der Waals surface area (Å²) in [6, 6.07) is 9.74. The Balaban J connectivity index is 1.25. The maximum Gasteiger partial charge on any atom is 0.231 e. The van der Waals surface area contributed by atoms with Gasteiger partial charge in [0.1, 0.15) is 6.07 Å². The molecule has 2 fully saturated rings. The van der Waals surface area contributed by atoms with Gasteiger partial charge in [-0.25, -0.2) is 4.98 Å². The Hall–Kier alpha value is -3.21.